The van der Waals surface area contributed by atoms with Crippen molar-refractivity contribution in [1.29, 1.82) is 0 Å². The van der Waals surface area contributed by atoms with Crippen LogP contribution in [0.3, 0.4) is 0 Å². The first kappa shape index (κ1) is 8.18. The molecule has 0 amide bonds. The molecule has 0 aliphatic heterocycles. The lowest BCUT2D eigenvalue weighted by Crippen LogP contribution is -1.55. The molecule has 8 heavy (non-hydrogen) atoms. The predicted molar refractivity (Wildman–Crippen MR) is 44.5 cm³/mol. The first-order valence-electron chi connectivity index (χ1n) is 2.10. The third-order valence-corrected chi connectivity index (χ3v) is 1.26. The molecule has 0 spiro atoms. The molecule has 0 aliphatic carbocycles. The van der Waals surface area contributed by atoms with E-state index in [1.165, 1.54) is 0 Å². The molecule has 44 valence electrons. The van der Waals surface area contributed by atoms with Crippen molar-refractivity contribution >= 4 is 32.9 Å². The highest BCUT2D eigenvalue weighted by molar-refractivity contribution is 9.10. The zero-order valence-electron chi connectivity index (χ0n) is 4.17. The molecule has 2 heteroatoms. The van der Waals surface area contributed by atoms with Gasteiger partial charge < -0.3 is 0 Å². The molecule has 0 saturated heterocycles. The Morgan fingerprint density at radius 3 is 1.75 bits per heavy atom. The number of halogens is 2. The lowest BCUT2D eigenvalue weighted by atomic mass is 10.4. The van der Waals surface area contributed by atoms with Crippen molar-refractivity contribution < 1.29 is 0 Å². The summed E-state index contributed by atoms with van der Waals surface area (Å²) in [5, 5.41) is 0. The van der Waals surface area contributed by atoms with E-state index in [1.807, 2.05) is 30.3 Å². The zero-order valence-corrected chi connectivity index (χ0v) is 7.47. The molecule has 0 aliphatic rings. The van der Waals surface area contributed by atoms with Gasteiger partial charge >= 0.3 is 0 Å². The fourth-order valence-electron chi connectivity index (χ4n) is 0.415. The minimum absolute atomic E-state index is 0. The first-order chi connectivity index (χ1) is 3.39. The van der Waals surface area contributed by atoms with Crippen LogP contribution < -0.4 is 0 Å². The third-order valence-electron chi connectivity index (χ3n) is 0.733. The van der Waals surface area contributed by atoms with E-state index in [2.05, 4.69) is 15.9 Å². The molecular weight excluding hydrogens is 232 g/mol. The van der Waals surface area contributed by atoms with E-state index in [1.54, 1.807) is 0 Å². The van der Waals surface area contributed by atoms with E-state index < -0.39 is 0 Å². The molecule has 1 aromatic rings. The van der Waals surface area contributed by atoms with Gasteiger partial charge in [-0.25, -0.2) is 0 Å². The Bertz CT molecular complexity index is 136. The van der Waals surface area contributed by atoms with Gasteiger partial charge in [0.1, 0.15) is 0 Å². The van der Waals surface area contributed by atoms with Gasteiger partial charge in [0.05, 0.1) is 0 Å². The number of rotatable bonds is 0. The Morgan fingerprint density at radius 2 is 1.50 bits per heavy atom. The average Bonchev–Trinajstić information content (AvgIpc) is 1.69. The molecule has 0 aromatic heterocycles. The van der Waals surface area contributed by atoms with Crippen LogP contribution in [0, 0.1) is 0 Å². The largest absolute Gasteiger partial charge is 0.114 e. The number of benzene rings is 1. The second-order valence-corrected chi connectivity index (χ2v) is 2.21. The van der Waals surface area contributed by atoms with Gasteiger partial charge in [-0.3, -0.25) is 0 Å². The van der Waals surface area contributed by atoms with Crippen molar-refractivity contribution in [2.24, 2.45) is 0 Å². The summed E-state index contributed by atoms with van der Waals surface area (Å²) >= 11 is 3.31. The second-order valence-electron chi connectivity index (χ2n) is 1.30. The van der Waals surface area contributed by atoms with Gasteiger partial charge in [0, 0.05) is 4.47 Å². The fraction of sp³-hybridized carbons (Fsp3) is 0. The Balaban J connectivity index is 0.000000490. The molecule has 0 atom stereocenters. The van der Waals surface area contributed by atoms with Crippen molar-refractivity contribution in [3.8, 4) is 0 Å². The number of hydrogen-bond donors (Lipinski definition) is 0. The lowest BCUT2D eigenvalue weighted by Gasteiger charge is -1.80. The van der Waals surface area contributed by atoms with E-state index in [9.17, 15) is 0 Å². The van der Waals surface area contributed by atoms with Crippen LogP contribution in [-0.2, 0) is 0 Å². The van der Waals surface area contributed by atoms with Crippen LogP contribution in [0.5, 0.6) is 0 Å². The second kappa shape index (κ2) is 4.10. The van der Waals surface area contributed by atoms with Crippen molar-refractivity contribution in [2.45, 2.75) is 0 Å². The Hall–Kier alpha value is 0.180. The maximum absolute atomic E-state index is 3.31. The minimum Gasteiger partial charge on any atom is -0.114 e. The third kappa shape index (κ3) is 2.48. The SMILES string of the molecule is Br.Brc1ccccc1. The summed E-state index contributed by atoms with van der Waals surface area (Å²) in [6.07, 6.45) is 0. The average molecular weight is 238 g/mol. The van der Waals surface area contributed by atoms with E-state index in [0.717, 1.165) is 4.47 Å². The summed E-state index contributed by atoms with van der Waals surface area (Å²) in [4.78, 5) is 0. The van der Waals surface area contributed by atoms with E-state index in [4.69, 9.17) is 0 Å². The molecule has 1 aromatic carbocycles. The van der Waals surface area contributed by atoms with Gasteiger partial charge in [0.25, 0.3) is 0 Å². The molecule has 0 nitrogen and oxygen atoms in total. The fourth-order valence-corrected chi connectivity index (χ4v) is 0.720. The van der Waals surface area contributed by atoms with E-state index in [0.29, 0.717) is 0 Å². The molecular formula is C6H6Br2. The van der Waals surface area contributed by atoms with Crippen molar-refractivity contribution in [3.63, 3.8) is 0 Å². The Labute approximate surface area is 67.8 Å². The Kier molecular flexibility index (Phi) is 4.19. The zero-order chi connectivity index (χ0) is 5.11. The molecule has 0 radical (unpaired) electrons. The molecule has 0 N–H and O–H groups in total. The molecule has 0 bridgehead atoms. The van der Waals surface area contributed by atoms with Crippen molar-refractivity contribution in [3.05, 3.63) is 34.8 Å². The van der Waals surface area contributed by atoms with Crippen LogP contribution in [-0.4, -0.2) is 0 Å². The lowest BCUT2D eigenvalue weighted by molar-refractivity contribution is 1.66. The minimum atomic E-state index is 0. The number of hydrogen-bond acceptors (Lipinski definition) is 0. The maximum atomic E-state index is 3.31. The van der Waals surface area contributed by atoms with Crippen LogP contribution in [0.2, 0.25) is 0 Å². The predicted octanol–water partition coefficient (Wildman–Crippen LogP) is 3.03. The summed E-state index contributed by atoms with van der Waals surface area (Å²) < 4.78 is 1.13. The summed E-state index contributed by atoms with van der Waals surface area (Å²) in [5.74, 6) is 0. The van der Waals surface area contributed by atoms with Crippen LogP contribution in [0.25, 0.3) is 0 Å². The quantitative estimate of drug-likeness (QED) is 0.651. The van der Waals surface area contributed by atoms with Gasteiger partial charge in [0.2, 0.25) is 0 Å². The highest BCUT2D eigenvalue weighted by atomic mass is 79.9. The van der Waals surface area contributed by atoms with Crippen molar-refractivity contribution in [2.75, 3.05) is 0 Å². The van der Waals surface area contributed by atoms with Gasteiger partial charge in [-0.05, 0) is 12.1 Å². The standard InChI is InChI=1S/C6H5Br.BrH/c7-6-4-2-1-3-5-6;/h1-5H;1H. The summed E-state index contributed by atoms with van der Waals surface area (Å²) in [5.41, 5.74) is 0. The van der Waals surface area contributed by atoms with Gasteiger partial charge in [0.15, 0.2) is 0 Å². The highest BCUT2D eigenvalue weighted by Crippen LogP contribution is 2.05. The monoisotopic (exact) mass is 236 g/mol. The van der Waals surface area contributed by atoms with Crippen LogP contribution in [0.4, 0.5) is 0 Å². The molecule has 0 saturated carbocycles. The van der Waals surface area contributed by atoms with Gasteiger partial charge in [-0.1, -0.05) is 34.1 Å². The van der Waals surface area contributed by atoms with Crippen LogP contribution >= 0.6 is 32.9 Å². The summed E-state index contributed by atoms with van der Waals surface area (Å²) in [7, 11) is 0. The summed E-state index contributed by atoms with van der Waals surface area (Å²) in [6, 6.07) is 9.97. The van der Waals surface area contributed by atoms with Gasteiger partial charge in [-0.2, -0.15) is 0 Å². The topological polar surface area (TPSA) is 0 Å². The van der Waals surface area contributed by atoms with Crippen LogP contribution in [0.15, 0.2) is 34.8 Å². The smallest absolute Gasteiger partial charge is 0.0175 e. The van der Waals surface area contributed by atoms with E-state index in [-0.39, 0.29) is 17.0 Å². The molecule has 0 fully saturated rings. The normalized spacial score (nSPS) is 7.62. The van der Waals surface area contributed by atoms with E-state index >= 15 is 0 Å². The summed E-state index contributed by atoms with van der Waals surface area (Å²) in [6.45, 7) is 0. The molecule has 1 rings (SSSR count). The maximum Gasteiger partial charge on any atom is 0.0175 e. The molecule has 0 heterocycles. The van der Waals surface area contributed by atoms with Gasteiger partial charge in [-0.15, -0.1) is 17.0 Å². The van der Waals surface area contributed by atoms with Crippen LogP contribution in [0.1, 0.15) is 0 Å². The molecule has 0 unspecified atom stereocenters. The Morgan fingerprint density at radius 1 is 1.00 bits per heavy atom. The first-order valence-corrected chi connectivity index (χ1v) is 2.89. The van der Waals surface area contributed by atoms with Crippen molar-refractivity contribution in [1.82, 2.24) is 0 Å². The highest BCUT2D eigenvalue weighted by Gasteiger charge is 1.74.